The number of Topliss-reactive ketones (excluding diaryl/α,β-unsaturated/α-hetero) is 1. The molecule has 7 nitrogen and oxygen atoms in total. The number of amides is 2. The highest BCUT2D eigenvalue weighted by molar-refractivity contribution is 6.05. The van der Waals surface area contributed by atoms with Crippen LogP contribution in [-0.4, -0.2) is 29.7 Å². The van der Waals surface area contributed by atoms with Crippen LogP contribution in [0, 0.1) is 0 Å². The Kier molecular flexibility index (Phi) is 7.42. The van der Waals surface area contributed by atoms with E-state index in [1.165, 1.54) is 26.8 Å². The molecule has 2 N–H and O–H groups in total. The molecular formula is C22H22N2O5. The predicted octanol–water partition coefficient (Wildman–Crippen LogP) is 2.94. The van der Waals surface area contributed by atoms with Crippen molar-refractivity contribution in [3.05, 3.63) is 71.4 Å². The van der Waals surface area contributed by atoms with E-state index in [-0.39, 0.29) is 11.5 Å². The third kappa shape index (κ3) is 6.42. The summed E-state index contributed by atoms with van der Waals surface area (Å²) in [5.74, 6) is -2.11. The maximum atomic E-state index is 12.5. The number of hydrogen-bond acceptors (Lipinski definition) is 5. The van der Waals surface area contributed by atoms with Crippen LogP contribution in [0.1, 0.15) is 36.7 Å². The summed E-state index contributed by atoms with van der Waals surface area (Å²) in [7, 11) is 0. The monoisotopic (exact) mass is 394 g/mol. The number of para-hydroxylation sites is 1. The lowest BCUT2D eigenvalue weighted by molar-refractivity contribution is -0.149. The maximum absolute atomic E-state index is 12.5. The third-order valence-corrected chi connectivity index (χ3v) is 3.86. The molecule has 29 heavy (non-hydrogen) atoms. The van der Waals surface area contributed by atoms with Gasteiger partial charge in [0.05, 0.1) is 5.69 Å². The van der Waals surface area contributed by atoms with Crippen LogP contribution >= 0.6 is 0 Å². The van der Waals surface area contributed by atoms with Crippen molar-refractivity contribution in [1.29, 1.82) is 0 Å². The minimum absolute atomic E-state index is 0.0903. The van der Waals surface area contributed by atoms with Gasteiger partial charge in [-0.1, -0.05) is 42.5 Å². The minimum Gasteiger partial charge on any atom is -0.448 e. The number of esters is 1. The molecule has 2 aromatic rings. The van der Waals surface area contributed by atoms with Gasteiger partial charge in [-0.15, -0.1) is 0 Å². The largest absolute Gasteiger partial charge is 0.448 e. The summed E-state index contributed by atoms with van der Waals surface area (Å²) in [6, 6.07) is 15.4. The van der Waals surface area contributed by atoms with Gasteiger partial charge in [0.2, 0.25) is 5.91 Å². The van der Waals surface area contributed by atoms with Gasteiger partial charge in [0.25, 0.3) is 5.91 Å². The fourth-order valence-electron chi connectivity index (χ4n) is 2.46. The van der Waals surface area contributed by atoms with E-state index in [1.807, 2.05) is 6.07 Å². The average molecular weight is 394 g/mol. The molecule has 0 aliphatic heterocycles. The first-order valence-corrected chi connectivity index (χ1v) is 8.94. The molecule has 0 heterocycles. The van der Waals surface area contributed by atoms with Gasteiger partial charge in [0.15, 0.2) is 11.9 Å². The lowest BCUT2D eigenvalue weighted by Crippen LogP contribution is -2.34. The van der Waals surface area contributed by atoms with Crippen molar-refractivity contribution in [2.45, 2.75) is 26.9 Å². The topological polar surface area (TPSA) is 102 Å². The minimum atomic E-state index is -1.16. The molecule has 2 rings (SSSR count). The number of anilines is 1. The standard InChI is InChI=1S/C22H22N2O5/c1-14(25)18-11-7-8-12-19(18)24-21(27)15(2)29-22(28)20(23-16(3)26)13-17-9-5-4-6-10-17/h4-13,15H,1-3H3,(H,23,26)(H,24,27)/b20-13-/t15-/m0/s1. The number of carbonyl (C=O) groups excluding carboxylic acids is 4. The highest BCUT2D eigenvalue weighted by atomic mass is 16.5. The van der Waals surface area contributed by atoms with Crippen LogP contribution in [0.4, 0.5) is 5.69 Å². The lowest BCUT2D eigenvalue weighted by atomic mass is 10.1. The Morgan fingerprint density at radius 1 is 0.931 bits per heavy atom. The predicted molar refractivity (Wildman–Crippen MR) is 109 cm³/mol. The molecule has 0 bridgehead atoms. The van der Waals surface area contributed by atoms with Crippen LogP contribution in [0.3, 0.4) is 0 Å². The maximum Gasteiger partial charge on any atom is 0.355 e. The number of rotatable bonds is 7. The van der Waals surface area contributed by atoms with E-state index < -0.39 is 23.9 Å². The van der Waals surface area contributed by atoms with E-state index >= 15 is 0 Å². The summed E-state index contributed by atoms with van der Waals surface area (Å²) in [6.45, 7) is 4.06. The SMILES string of the molecule is CC(=O)N/C(=C\c1ccccc1)C(=O)O[C@@H](C)C(=O)Nc1ccccc1C(C)=O. The molecule has 7 heteroatoms. The second kappa shape index (κ2) is 9.98. The number of nitrogens with one attached hydrogen (secondary N) is 2. The van der Waals surface area contributed by atoms with Crippen LogP contribution in [0.2, 0.25) is 0 Å². The van der Waals surface area contributed by atoms with Gasteiger partial charge in [-0.2, -0.15) is 0 Å². The molecule has 0 spiro atoms. The van der Waals surface area contributed by atoms with Crippen molar-refractivity contribution < 1.29 is 23.9 Å². The van der Waals surface area contributed by atoms with Crippen LogP contribution < -0.4 is 10.6 Å². The van der Waals surface area contributed by atoms with Gasteiger partial charge in [-0.25, -0.2) is 4.79 Å². The van der Waals surface area contributed by atoms with Gasteiger partial charge in [0, 0.05) is 12.5 Å². The summed E-state index contributed by atoms with van der Waals surface area (Å²) in [6.07, 6.45) is 0.301. The first-order valence-electron chi connectivity index (χ1n) is 8.94. The average Bonchev–Trinajstić information content (AvgIpc) is 2.68. The smallest absolute Gasteiger partial charge is 0.355 e. The van der Waals surface area contributed by atoms with Crippen LogP contribution in [-0.2, 0) is 19.1 Å². The van der Waals surface area contributed by atoms with Gasteiger partial charge < -0.3 is 15.4 Å². The molecule has 0 aromatic heterocycles. The number of ether oxygens (including phenoxy) is 1. The highest BCUT2D eigenvalue weighted by Crippen LogP contribution is 2.16. The zero-order valence-corrected chi connectivity index (χ0v) is 16.4. The van der Waals surface area contributed by atoms with E-state index in [9.17, 15) is 19.2 Å². The number of benzene rings is 2. The second-order valence-electron chi connectivity index (χ2n) is 6.29. The van der Waals surface area contributed by atoms with E-state index in [4.69, 9.17) is 4.74 Å². The molecule has 0 fully saturated rings. The zero-order valence-electron chi connectivity index (χ0n) is 16.4. The number of ketones is 1. The quantitative estimate of drug-likeness (QED) is 0.427. The highest BCUT2D eigenvalue weighted by Gasteiger charge is 2.22. The Labute approximate surface area is 168 Å². The lowest BCUT2D eigenvalue weighted by Gasteiger charge is -2.16. The van der Waals surface area contributed by atoms with E-state index in [0.717, 1.165) is 0 Å². The Morgan fingerprint density at radius 2 is 1.55 bits per heavy atom. The molecular weight excluding hydrogens is 372 g/mol. The number of carbonyl (C=O) groups is 4. The first kappa shape index (κ1) is 21.6. The molecule has 0 aliphatic rings. The fourth-order valence-corrected chi connectivity index (χ4v) is 2.46. The van der Waals surface area contributed by atoms with Crippen molar-refractivity contribution in [2.24, 2.45) is 0 Å². The van der Waals surface area contributed by atoms with Crippen molar-refractivity contribution in [3.63, 3.8) is 0 Å². The van der Waals surface area contributed by atoms with Crippen LogP contribution in [0.25, 0.3) is 6.08 Å². The van der Waals surface area contributed by atoms with E-state index in [2.05, 4.69) is 10.6 Å². The van der Waals surface area contributed by atoms with Gasteiger partial charge in [0.1, 0.15) is 5.70 Å². The van der Waals surface area contributed by atoms with Crippen LogP contribution in [0.5, 0.6) is 0 Å². The zero-order chi connectivity index (χ0) is 21.4. The van der Waals surface area contributed by atoms with Crippen molar-refractivity contribution in [1.82, 2.24) is 5.32 Å². The molecule has 1 atom stereocenters. The van der Waals surface area contributed by atoms with Crippen molar-refractivity contribution >= 4 is 35.3 Å². The molecule has 2 aromatic carbocycles. The summed E-state index contributed by atoms with van der Waals surface area (Å²) in [5.41, 5.74) is 1.27. The molecule has 2 amide bonds. The fraction of sp³-hybridized carbons (Fsp3) is 0.182. The molecule has 0 saturated heterocycles. The summed E-state index contributed by atoms with van der Waals surface area (Å²) in [5, 5.41) is 5.00. The van der Waals surface area contributed by atoms with Gasteiger partial charge >= 0.3 is 5.97 Å². The molecule has 0 radical (unpaired) electrons. The van der Waals surface area contributed by atoms with Gasteiger partial charge in [-0.3, -0.25) is 14.4 Å². The van der Waals surface area contributed by atoms with Gasteiger partial charge in [-0.05, 0) is 37.6 Å². The Bertz CT molecular complexity index is 951. The van der Waals surface area contributed by atoms with E-state index in [1.54, 1.807) is 48.5 Å². The normalized spacial score (nSPS) is 11.9. The Hall–Kier alpha value is -3.74. The third-order valence-electron chi connectivity index (χ3n) is 3.86. The molecule has 150 valence electrons. The number of hydrogen-bond donors (Lipinski definition) is 2. The van der Waals surface area contributed by atoms with Crippen molar-refractivity contribution in [3.8, 4) is 0 Å². The Balaban J connectivity index is 2.12. The summed E-state index contributed by atoms with van der Waals surface area (Å²) >= 11 is 0. The van der Waals surface area contributed by atoms with Crippen molar-refractivity contribution in [2.75, 3.05) is 5.32 Å². The van der Waals surface area contributed by atoms with E-state index in [0.29, 0.717) is 16.8 Å². The first-order chi connectivity index (χ1) is 13.8. The summed E-state index contributed by atoms with van der Waals surface area (Å²) < 4.78 is 5.20. The summed E-state index contributed by atoms with van der Waals surface area (Å²) in [4.78, 5) is 48.0. The molecule has 0 aliphatic carbocycles. The Morgan fingerprint density at radius 3 is 2.17 bits per heavy atom. The molecule has 0 saturated carbocycles. The molecule has 0 unspecified atom stereocenters. The van der Waals surface area contributed by atoms with Crippen LogP contribution in [0.15, 0.2) is 60.3 Å². The second-order valence-corrected chi connectivity index (χ2v) is 6.29.